The first kappa shape index (κ1) is 25.4. The van der Waals surface area contributed by atoms with Crippen LogP contribution in [0.2, 0.25) is 0 Å². The summed E-state index contributed by atoms with van der Waals surface area (Å²) in [6.07, 6.45) is 9.18. The molecule has 3 aromatic rings. The van der Waals surface area contributed by atoms with Crippen LogP contribution in [0.4, 0.5) is 16.2 Å². The number of morpholine rings is 1. The first-order chi connectivity index (χ1) is 18.9. The summed E-state index contributed by atoms with van der Waals surface area (Å²) in [7, 11) is 5.95. The van der Waals surface area contributed by atoms with Gasteiger partial charge in [0.05, 0.1) is 23.5 Å². The van der Waals surface area contributed by atoms with Crippen LogP contribution in [0.15, 0.2) is 42.4 Å². The van der Waals surface area contributed by atoms with Crippen LogP contribution >= 0.6 is 0 Å². The van der Waals surface area contributed by atoms with Gasteiger partial charge in [0.25, 0.3) is 0 Å². The number of Topliss-reactive ketones (excluding diaryl/α,β-unsaturated/α-hetero) is 1. The Kier molecular flexibility index (Phi) is 6.74. The lowest BCUT2D eigenvalue weighted by Crippen LogP contribution is -2.42. The molecule has 0 aliphatic carbocycles. The van der Waals surface area contributed by atoms with Crippen LogP contribution < -0.4 is 20.3 Å². The Morgan fingerprint density at radius 2 is 2.00 bits per heavy atom. The molecule has 39 heavy (non-hydrogen) atoms. The summed E-state index contributed by atoms with van der Waals surface area (Å²) in [5, 5.41) is 6.65. The number of amides is 2. The minimum atomic E-state index is -0.303. The Bertz CT molecular complexity index is 1450. The van der Waals surface area contributed by atoms with Crippen molar-refractivity contribution >= 4 is 40.3 Å². The molecule has 10 heteroatoms. The van der Waals surface area contributed by atoms with Gasteiger partial charge in [-0.3, -0.25) is 4.79 Å². The number of anilines is 2. The molecule has 204 valence electrons. The third-order valence-corrected chi connectivity index (χ3v) is 7.53. The standard InChI is InChI=1S/C29H34N6O4/c1-33(2)12-4-10-31-29(37)32-19-5-8-24-22(14-19)27(36)25(39-24)13-18-15-34(3)28-26(18)23(9-11-30-28)35-16-20-6-7-21(17-35)38-20/h5,8-9,11,13-15,20-21H,4,6-7,10,12,16-17H2,1-3H3,(H2,31,32,37). The monoisotopic (exact) mass is 530 g/mol. The largest absolute Gasteiger partial charge is 0.452 e. The number of aromatic nitrogens is 2. The lowest BCUT2D eigenvalue weighted by molar-refractivity contribution is 0.0306. The van der Waals surface area contributed by atoms with E-state index in [1.807, 2.05) is 44.2 Å². The molecular weight excluding hydrogens is 496 g/mol. The average molecular weight is 531 g/mol. The third kappa shape index (κ3) is 5.09. The van der Waals surface area contributed by atoms with Crippen molar-refractivity contribution < 1.29 is 19.1 Å². The highest BCUT2D eigenvalue weighted by atomic mass is 16.5. The van der Waals surface area contributed by atoms with Crippen molar-refractivity contribution in [3.63, 3.8) is 0 Å². The molecule has 2 N–H and O–H groups in total. The van der Waals surface area contributed by atoms with E-state index in [2.05, 4.69) is 25.4 Å². The van der Waals surface area contributed by atoms with E-state index in [1.165, 1.54) is 0 Å². The van der Waals surface area contributed by atoms with Crippen molar-refractivity contribution in [1.82, 2.24) is 19.8 Å². The van der Waals surface area contributed by atoms with Crippen molar-refractivity contribution in [1.29, 1.82) is 0 Å². The topological polar surface area (TPSA) is 101 Å². The van der Waals surface area contributed by atoms with Crippen LogP contribution in [-0.4, -0.2) is 78.7 Å². The number of nitrogens with one attached hydrogen (secondary N) is 2. The van der Waals surface area contributed by atoms with Crippen molar-refractivity contribution in [2.75, 3.05) is 50.5 Å². The number of allylic oxidation sites excluding steroid dienone is 1. The number of benzene rings is 1. The van der Waals surface area contributed by atoms with Crippen LogP contribution in [0.5, 0.6) is 5.75 Å². The number of pyridine rings is 1. The molecule has 6 rings (SSSR count). The van der Waals surface area contributed by atoms with E-state index in [0.717, 1.165) is 61.2 Å². The number of hydrogen-bond donors (Lipinski definition) is 2. The predicted octanol–water partition coefficient (Wildman–Crippen LogP) is 3.63. The molecule has 2 amide bonds. The van der Waals surface area contributed by atoms with Gasteiger partial charge in [-0.1, -0.05) is 0 Å². The van der Waals surface area contributed by atoms with Gasteiger partial charge in [-0.25, -0.2) is 9.78 Å². The van der Waals surface area contributed by atoms with Crippen LogP contribution in [0.3, 0.4) is 0 Å². The molecule has 2 aromatic heterocycles. The van der Waals surface area contributed by atoms with Crippen LogP contribution in [0.25, 0.3) is 17.1 Å². The Balaban J connectivity index is 1.22. The van der Waals surface area contributed by atoms with E-state index in [9.17, 15) is 9.59 Å². The molecule has 3 aliphatic heterocycles. The number of fused-ring (bicyclic) bond motifs is 4. The van der Waals surface area contributed by atoms with Gasteiger partial charge in [-0.05, 0) is 70.2 Å². The maximum atomic E-state index is 13.4. The van der Waals surface area contributed by atoms with Gasteiger partial charge in [-0.15, -0.1) is 0 Å². The minimum Gasteiger partial charge on any atom is -0.452 e. The normalized spacial score (nSPS) is 21.1. The quantitative estimate of drug-likeness (QED) is 0.355. The number of ketones is 1. The maximum absolute atomic E-state index is 13.4. The second kappa shape index (κ2) is 10.3. The molecule has 3 aliphatic rings. The fraction of sp³-hybridized carbons (Fsp3) is 0.414. The van der Waals surface area contributed by atoms with Crippen molar-refractivity contribution in [2.24, 2.45) is 7.05 Å². The van der Waals surface area contributed by atoms with Crippen LogP contribution in [0, 0.1) is 0 Å². The van der Waals surface area contributed by atoms with Gasteiger partial charge in [0.15, 0.2) is 5.76 Å². The highest BCUT2D eigenvalue weighted by molar-refractivity contribution is 6.16. The first-order valence-corrected chi connectivity index (χ1v) is 13.5. The third-order valence-electron chi connectivity index (χ3n) is 7.53. The Morgan fingerprint density at radius 3 is 2.77 bits per heavy atom. The minimum absolute atomic E-state index is 0.216. The second-order valence-corrected chi connectivity index (χ2v) is 10.8. The maximum Gasteiger partial charge on any atom is 0.319 e. The summed E-state index contributed by atoms with van der Waals surface area (Å²) in [4.78, 5) is 34.7. The molecule has 0 saturated carbocycles. The summed E-state index contributed by atoms with van der Waals surface area (Å²) in [5.74, 6) is 0.512. The summed E-state index contributed by atoms with van der Waals surface area (Å²) in [6.45, 7) is 3.15. The Morgan fingerprint density at radius 1 is 1.21 bits per heavy atom. The molecule has 1 aromatic carbocycles. The lowest BCUT2D eigenvalue weighted by Gasteiger charge is -2.34. The number of nitrogens with zero attached hydrogens (tertiary/aromatic N) is 4. The van der Waals surface area contributed by atoms with E-state index in [4.69, 9.17) is 9.47 Å². The number of urea groups is 1. The van der Waals surface area contributed by atoms with Gasteiger partial charge in [-0.2, -0.15) is 0 Å². The predicted molar refractivity (Wildman–Crippen MR) is 150 cm³/mol. The van der Waals surface area contributed by atoms with Gasteiger partial charge in [0, 0.05) is 55.7 Å². The zero-order valence-corrected chi connectivity index (χ0v) is 22.6. The molecule has 10 nitrogen and oxygen atoms in total. The lowest BCUT2D eigenvalue weighted by atomic mass is 10.1. The van der Waals surface area contributed by atoms with Gasteiger partial charge in [0.1, 0.15) is 11.4 Å². The van der Waals surface area contributed by atoms with Crippen molar-refractivity contribution in [2.45, 2.75) is 31.5 Å². The summed E-state index contributed by atoms with van der Waals surface area (Å²) < 4.78 is 14.0. The van der Waals surface area contributed by atoms with E-state index < -0.39 is 0 Å². The molecular formula is C29H34N6O4. The zero-order valence-electron chi connectivity index (χ0n) is 22.6. The van der Waals surface area contributed by atoms with E-state index in [-0.39, 0.29) is 29.8 Å². The SMILES string of the molecule is CN(C)CCCNC(=O)Nc1ccc2c(c1)C(=O)C(=Cc1cn(C)c3nccc(N4CC5CCC(C4)O5)c13)O2. The molecule has 2 saturated heterocycles. The average Bonchev–Trinajstić information content (AvgIpc) is 3.54. The molecule has 0 radical (unpaired) electrons. The van der Waals surface area contributed by atoms with Gasteiger partial charge >= 0.3 is 6.03 Å². The second-order valence-electron chi connectivity index (χ2n) is 10.8. The van der Waals surface area contributed by atoms with Crippen LogP contribution in [0.1, 0.15) is 35.2 Å². The fourth-order valence-electron chi connectivity index (χ4n) is 5.68. The van der Waals surface area contributed by atoms with E-state index >= 15 is 0 Å². The molecule has 2 fully saturated rings. The van der Waals surface area contributed by atoms with E-state index in [1.54, 1.807) is 24.3 Å². The smallest absolute Gasteiger partial charge is 0.319 e. The van der Waals surface area contributed by atoms with Gasteiger partial charge < -0.3 is 34.5 Å². The number of ether oxygens (including phenoxy) is 2. The van der Waals surface area contributed by atoms with E-state index in [0.29, 0.717) is 23.5 Å². The fourth-order valence-corrected chi connectivity index (χ4v) is 5.68. The number of aryl methyl sites for hydroxylation is 1. The van der Waals surface area contributed by atoms with Crippen molar-refractivity contribution in [3.05, 3.63) is 53.5 Å². The number of rotatable bonds is 7. The summed E-state index contributed by atoms with van der Waals surface area (Å²) >= 11 is 0. The zero-order chi connectivity index (χ0) is 27.1. The number of hydrogen-bond acceptors (Lipinski definition) is 7. The molecule has 5 heterocycles. The van der Waals surface area contributed by atoms with Crippen molar-refractivity contribution in [3.8, 4) is 5.75 Å². The molecule has 2 unspecified atom stereocenters. The molecule has 0 spiro atoms. The molecule has 2 bridgehead atoms. The number of carbonyl (C=O) groups excluding carboxylic acids is 2. The Labute approximate surface area is 227 Å². The van der Waals surface area contributed by atoms with Gasteiger partial charge in [0.2, 0.25) is 5.78 Å². The highest BCUT2D eigenvalue weighted by Crippen LogP contribution is 2.38. The summed E-state index contributed by atoms with van der Waals surface area (Å²) in [6, 6.07) is 6.86. The Hall–Kier alpha value is -3.89. The first-order valence-electron chi connectivity index (χ1n) is 13.5. The highest BCUT2D eigenvalue weighted by Gasteiger charge is 2.35. The van der Waals surface area contributed by atoms with Crippen LogP contribution in [-0.2, 0) is 11.8 Å². The summed E-state index contributed by atoms with van der Waals surface area (Å²) in [5.41, 5.74) is 3.79. The number of carbonyl (C=O) groups is 2. The molecule has 2 atom stereocenters.